The predicted molar refractivity (Wildman–Crippen MR) is 106 cm³/mol. The van der Waals surface area contributed by atoms with Crippen LogP contribution in [-0.4, -0.2) is 26.2 Å². The Hall–Kier alpha value is -3.47. The van der Waals surface area contributed by atoms with Gasteiger partial charge in [0.1, 0.15) is 13.2 Å². The third kappa shape index (κ3) is 3.72. The zero-order valence-corrected chi connectivity index (χ0v) is 14.9. The minimum absolute atomic E-state index is 0.209. The fraction of sp³-hybridized carbons (Fsp3) is 0.136. The Morgan fingerprint density at radius 2 is 1.85 bits per heavy atom. The average molecular weight is 361 g/mol. The Balaban J connectivity index is 1.51. The van der Waals surface area contributed by atoms with Gasteiger partial charge in [-0.05, 0) is 46.7 Å². The SMILES string of the molecule is COc1cc(/C=C/C(=O)Nc2ccc3ccccc3c2)cc2c1OCCO2. The summed E-state index contributed by atoms with van der Waals surface area (Å²) in [6.07, 6.45) is 3.21. The molecule has 1 N–H and O–H groups in total. The molecule has 3 aromatic carbocycles. The van der Waals surface area contributed by atoms with Crippen LogP contribution in [0.4, 0.5) is 5.69 Å². The Morgan fingerprint density at radius 1 is 1.04 bits per heavy atom. The number of methoxy groups -OCH3 is 1. The quantitative estimate of drug-likeness (QED) is 0.705. The van der Waals surface area contributed by atoms with E-state index in [2.05, 4.69) is 5.32 Å². The van der Waals surface area contributed by atoms with Crippen molar-refractivity contribution < 1.29 is 19.0 Å². The van der Waals surface area contributed by atoms with Gasteiger partial charge in [0.2, 0.25) is 11.7 Å². The molecule has 0 spiro atoms. The van der Waals surface area contributed by atoms with Gasteiger partial charge in [-0.15, -0.1) is 0 Å². The van der Waals surface area contributed by atoms with Crippen LogP contribution < -0.4 is 19.5 Å². The van der Waals surface area contributed by atoms with E-state index in [0.717, 1.165) is 22.0 Å². The molecule has 0 aromatic heterocycles. The molecule has 0 saturated carbocycles. The minimum Gasteiger partial charge on any atom is -0.493 e. The monoisotopic (exact) mass is 361 g/mol. The molecule has 1 amide bonds. The zero-order valence-electron chi connectivity index (χ0n) is 14.9. The van der Waals surface area contributed by atoms with E-state index in [1.807, 2.05) is 54.6 Å². The molecule has 4 rings (SSSR count). The van der Waals surface area contributed by atoms with Gasteiger partial charge in [0.15, 0.2) is 11.5 Å². The maximum atomic E-state index is 12.3. The molecule has 136 valence electrons. The highest BCUT2D eigenvalue weighted by molar-refractivity contribution is 6.03. The summed E-state index contributed by atoms with van der Waals surface area (Å²) in [5.74, 6) is 1.60. The van der Waals surface area contributed by atoms with Gasteiger partial charge in [0, 0.05) is 11.8 Å². The maximum Gasteiger partial charge on any atom is 0.248 e. The average Bonchev–Trinajstić information content (AvgIpc) is 2.71. The van der Waals surface area contributed by atoms with Crippen molar-refractivity contribution >= 4 is 28.4 Å². The third-order valence-electron chi connectivity index (χ3n) is 4.29. The maximum absolute atomic E-state index is 12.3. The summed E-state index contributed by atoms with van der Waals surface area (Å²) in [6.45, 7) is 0.985. The predicted octanol–water partition coefficient (Wildman–Crippen LogP) is 4.27. The lowest BCUT2D eigenvalue weighted by atomic mass is 10.1. The largest absolute Gasteiger partial charge is 0.493 e. The number of rotatable bonds is 4. The number of nitrogens with one attached hydrogen (secondary N) is 1. The number of fused-ring (bicyclic) bond motifs is 2. The highest BCUT2D eigenvalue weighted by atomic mass is 16.6. The number of carbonyl (C=O) groups excluding carboxylic acids is 1. The van der Waals surface area contributed by atoms with Crippen LogP contribution in [0.1, 0.15) is 5.56 Å². The van der Waals surface area contributed by atoms with E-state index >= 15 is 0 Å². The van der Waals surface area contributed by atoms with E-state index < -0.39 is 0 Å². The second-order valence-electron chi connectivity index (χ2n) is 6.13. The van der Waals surface area contributed by atoms with E-state index in [9.17, 15) is 4.79 Å². The van der Waals surface area contributed by atoms with Crippen molar-refractivity contribution in [3.8, 4) is 17.2 Å². The Morgan fingerprint density at radius 3 is 2.70 bits per heavy atom. The third-order valence-corrected chi connectivity index (χ3v) is 4.29. The van der Waals surface area contributed by atoms with Crippen LogP contribution in [0.25, 0.3) is 16.8 Å². The number of ether oxygens (including phenoxy) is 3. The van der Waals surface area contributed by atoms with Crippen LogP contribution >= 0.6 is 0 Å². The second kappa shape index (κ2) is 7.41. The van der Waals surface area contributed by atoms with E-state index in [4.69, 9.17) is 14.2 Å². The molecule has 0 fully saturated rings. The van der Waals surface area contributed by atoms with Crippen LogP contribution in [-0.2, 0) is 4.79 Å². The van der Waals surface area contributed by atoms with Gasteiger partial charge >= 0.3 is 0 Å². The summed E-state index contributed by atoms with van der Waals surface area (Å²) in [4.78, 5) is 12.3. The van der Waals surface area contributed by atoms with Gasteiger partial charge in [0.05, 0.1) is 7.11 Å². The van der Waals surface area contributed by atoms with Crippen molar-refractivity contribution in [1.82, 2.24) is 0 Å². The molecular weight excluding hydrogens is 342 g/mol. The first-order valence-corrected chi connectivity index (χ1v) is 8.68. The number of hydrogen-bond acceptors (Lipinski definition) is 4. The smallest absolute Gasteiger partial charge is 0.248 e. The van der Waals surface area contributed by atoms with Gasteiger partial charge in [0.25, 0.3) is 0 Å². The molecule has 0 aliphatic carbocycles. The van der Waals surface area contributed by atoms with Crippen molar-refractivity contribution in [2.75, 3.05) is 25.6 Å². The molecule has 0 saturated heterocycles. The molecule has 0 atom stereocenters. The normalized spacial score (nSPS) is 12.9. The molecule has 1 aliphatic heterocycles. The van der Waals surface area contributed by atoms with Crippen molar-refractivity contribution in [2.45, 2.75) is 0 Å². The Bertz CT molecular complexity index is 1010. The highest BCUT2D eigenvalue weighted by Crippen LogP contribution is 2.40. The first kappa shape index (κ1) is 17.0. The van der Waals surface area contributed by atoms with Crippen LogP contribution in [0.3, 0.4) is 0 Å². The van der Waals surface area contributed by atoms with E-state index in [0.29, 0.717) is 30.5 Å². The van der Waals surface area contributed by atoms with Crippen molar-refractivity contribution in [3.05, 3.63) is 66.2 Å². The number of amides is 1. The van der Waals surface area contributed by atoms with Crippen LogP contribution in [0.5, 0.6) is 17.2 Å². The standard InChI is InChI=1S/C22H19NO4/c1-25-19-12-15(13-20-22(19)27-11-10-26-20)6-9-21(24)23-18-8-7-16-4-2-3-5-17(16)14-18/h2-9,12-14H,10-11H2,1H3,(H,23,24)/b9-6+. The van der Waals surface area contributed by atoms with Crippen LogP contribution in [0, 0.1) is 0 Å². The van der Waals surface area contributed by atoms with Crippen LogP contribution in [0.15, 0.2) is 60.7 Å². The van der Waals surface area contributed by atoms with E-state index in [1.54, 1.807) is 13.2 Å². The van der Waals surface area contributed by atoms with E-state index in [-0.39, 0.29) is 5.91 Å². The van der Waals surface area contributed by atoms with Gasteiger partial charge in [-0.3, -0.25) is 4.79 Å². The first-order valence-electron chi connectivity index (χ1n) is 8.68. The number of hydrogen-bond donors (Lipinski definition) is 1. The molecule has 5 heteroatoms. The summed E-state index contributed by atoms with van der Waals surface area (Å²) in [7, 11) is 1.58. The van der Waals surface area contributed by atoms with Gasteiger partial charge in [-0.25, -0.2) is 0 Å². The molecule has 0 radical (unpaired) electrons. The molecule has 1 heterocycles. The Kier molecular flexibility index (Phi) is 4.66. The highest BCUT2D eigenvalue weighted by Gasteiger charge is 2.17. The minimum atomic E-state index is -0.209. The molecule has 1 aliphatic rings. The summed E-state index contributed by atoms with van der Waals surface area (Å²) in [5.41, 5.74) is 1.55. The molecule has 0 unspecified atom stereocenters. The Labute approximate surface area is 157 Å². The molecule has 0 bridgehead atoms. The molecular formula is C22H19NO4. The summed E-state index contributed by atoms with van der Waals surface area (Å²) >= 11 is 0. The van der Waals surface area contributed by atoms with Gasteiger partial charge in [-0.2, -0.15) is 0 Å². The summed E-state index contributed by atoms with van der Waals surface area (Å²) in [5, 5.41) is 5.10. The summed E-state index contributed by atoms with van der Waals surface area (Å²) < 4.78 is 16.6. The molecule has 27 heavy (non-hydrogen) atoms. The lowest BCUT2D eigenvalue weighted by Crippen LogP contribution is -2.16. The van der Waals surface area contributed by atoms with Crippen LogP contribution in [0.2, 0.25) is 0 Å². The van der Waals surface area contributed by atoms with E-state index in [1.165, 1.54) is 6.08 Å². The lowest BCUT2D eigenvalue weighted by Gasteiger charge is -2.20. The summed E-state index contributed by atoms with van der Waals surface area (Å²) in [6, 6.07) is 17.5. The molecule has 3 aromatic rings. The van der Waals surface area contributed by atoms with Crippen molar-refractivity contribution in [3.63, 3.8) is 0 Å². The number of anilines is 1. The molecule has 5 nitrogen and oxygen atoms in total. The fourth-order valence-electron chi connectivity index (χ4n) is 3.01. The number of carbonyl (C=O) groups is 1. The number of benzene rings is 3. The van der Waals surface area contributed by atoms with Gasteiger partial charge < -0.3 is 19.5 Å². The van der Waals surface area contributed by atoms with Gasteiger partial charge in [-0.1, -0.05) is 30.3 Å². The second-order valence-corrected chi connectivity index (χ2v) is 6.13. The zero-order chi connectivity index (χ0) is 18.6. The fourth-order valence-corrected chi connectivity index (χ4v) is 3.01. The van der Waals surface area contributed by atoms with Crippen molar-refractivity contribution in [1.29, 1.82) is 0 Å². The topological polar surface area (TPSA) is 56.8 Å². The van der Waals surface area contributed by atoms with Crippen molar-refractivity contribution in [2.24, 2.45) is 0 Å². The first-order chi connectivity index (χ1) is 13.2. The lowest BCUT2D eigenvalue weighted by molar-refractivity contribution is -0.111.